The molecule has 0 bridgehead atoms. The normalized spacial score (nSPS) is 12.6. The molecule has 4 nitrogen and oxygen atoms in total. The van der Waals surface area contributed by atoms with E-state index in [-0.39, 0.29) is 0 Å². The number of fused-ring (bicyclic) bond motifs is 6. The van der Waals surface area contributed by atoms with Gasteiger partial charge in [-0.3, -0.25) is 0 Å². The van der Waals surface area contributed by atoms with Crippen molar-refractivity contribution in [1.29, 1.82) is 0 Å². The lowest BCUT2D eigenvalue weighted by Crippen LogP contribution is -2.00. The number of aryl methyl sites for hydroxylation is 1. The highest BCUT2D eigenvalue weighted by molar-refractivity contribution is 7.25. The second kappa shape index (κ2) is 11.8. The van der Waals surface area contributed by atoms with Crippen LogP contribution in [-0.2, 0) is 6.42 Å². The SMILES string of the molecule is C1=Cc2c(c3cc4sc5ccccc5c4cc3n2-c2ccc(-c3ccc(-c4nc(-c5ccccc5)nc(-c5ccccc5)n4)cc3)cc2)CC1. The van der Waals surface area contributed by atoms with Gasteiger partial charge in [-0.05, 0) is 65.9 Å². The third-order valence-electron chi connectivity index (χ3n) is 9.75. The third-order valence-corrected chi connectivity index (χ3v) is 10.9. The highest BCUT2D eigenvalue weighted by Crippen LogP contribution is 2.41. The number of aromatic nitrogens is 4. The summed E-state index contributed by atoms with van der Waals surface area (Å²) in [5.74, 6) is 1.98. The van der Waals surface area contributed by atoms with E-state index in [9.17, 15) is 0 Å². The third kappa shape index (κ3) is 4.86. The van der Waals surface area contributed by atoms with Crippen LogP contribution in [0.1, 0.15) is 17.7 Å². The predicted octanol–water partition coefficient (Wildman–Crippen LogP) is 11.8. The molecule has 1 aliphatic rings. The molecule has 0 radical (unpaired) electrons. The minimum absolute atomic E-state index is 0.657. The van der Waals surface area contributed by atoms with Gasteiger partial charge in [-0.15, -0.1) is 11.3 Å². The Morgan fingerprint density at radius 2 is 1.04 bits per heavy atom. The number of allylic oxidation sites excluding steroid dienone is 1. The first-order valence-electron chi connectivity index (χ1n) is 17.0. The summed E-state index contributed by atoms with van der Waals surface area (Å²) in [6, 6.07) is 51.3. The summed E-state index contributed by atoms with van der Waals surface area (Å²) in [6.45, 7) is 0. The molecule has 0 amide bonds. The summed E-state index contributed by atoms with van der Waals surface area (Å²) in [5, 5.41) is 4.03. The fourth-order valence-corrected chi connectivity index (χ4v) is 8.41. The van der Waals surface area contributed by atoms with Gasteiger partial charge in [0.1, 0.15) is 0 Å². The topological polar surface area (TPSA) is 43.6 Å². The van der Waals surface area contributed by atoms with E-state index < -0.39 is 0 Å². The van der Waals surface area contributed by atoms with Gasteiger partial charge in [0.2, 0.25) is 0 Å². The Morgan fingerprint density at radius 1 is 0.480 bits per heavy atom. The lowest BCUT2D eigenvalue weighted by molar-refractivity contribution is 0.968. The van der Waals surface area contributed by atoms with Crippen LogP contribution in [-0.4, -0.2) is 19.5 Å². The molecule has 0 fully saturated rings. The summed E-state index contributed by atoms with van der Waals surface area (Å²) in [5.41, 5.74) is 10.4. The zero-order chi connectivity index (χ0) is 33.0. The molecule has 0 N–H and O–H groups in total. The quantitative estimate of drug-likeness (QED) is 0.185. The van der Waals surface area contributed by atoms with Gasteiger partial charge in [-0.2, -0.15) is 0 Å². The molecule has 3 aromatic heterocycles. The van der Waals surface area contributed by atoms with Gasteiger partial charge < -0.3 is 4.57 Å². The maximum Gasteiger partial charge on any atom is 0.164 e. The zero-order valence-corrected chi connectivity index (χ0v) is 27.9. The molecule has 0 saturated heterocycles. The molecule has 5 heteroatoms. The maximum absolute atomic E-state index is 4.90. The highest BCUT2D eigenvalue weighted by atomic mass is 32.1. The van der Waals surface area contributed by atoms with Gasteiger partial charge in [-0.1, -0.05) is 121 Å². The van der Waals surface area contributed by atoms with Crippen molar-refractivity contribution in [1.82, 2.24) is 19.5 Å². The van der Waals surface area contributed by atoms with Crippen LogP contribution in [0, 0.1) is 0 Å². The van der Waals surface area contributed by atoms with Crippen molar-refractivity contribution in [2.24, 2.45) is 0 Å². The van der Waals surface area contributed by atoms with Crippen LogP contribution in [0.15, 0.2) is 152 Å². The number of benzene rings is 6. The molecule has 3 heterocycles. The Hall–Kier alpha value is -6.17. The minimum atomic E-state index is 0.657. The van der Waals surface area contributed by atoms with Crippen LogP contribution in [0.25, 0.3) is 88.1 Å². The Morgan fingerprint density at radius 3 is 1.70 bits per heavy atom. The fraction of sp³-hybridized carbons (Fsp3) is 0.0444. The lowest BCUT2D eigenvalue weighted by Gasteiger charge is -2.13. The zero-order valence-electron chi connectivity index (χ0n) is 27.1. The molecule has 236 valence electrons. The smallest absolute Gasteiger partial charge is 0.164 e. The fourth-order valence-electron chi connectivity index (χ4n) is 7.28. The van der Waals surface area contributed by atoms with Crippen molar-refractivity contribution < 1.29 is 0 Å². The van der Waals surface area contributed by atoms with Gasteiger partial charge in [0.25, 0.3) is 0 Å². The van der Waals surface area contributed by atoms with Crippen molar-refractivity contribution in [3.8, 4) is 51.0 Å². The first-order chi connectivity index (χ1) is 24.8. The van der Waals surface area contributed by atoms with E-state index in [2.05, 4.69) is 102 Å². The number of hydrogen-bond acceptors (Lipinski definition) is 4. The van der Waals surface area contributed by atoms with Gasteiger partial charge in [-0.25, -0.2) is 15.0 Å². The predicted molar refractivity (Wildman–Crippen MR) is 209 cm³/mol. The molecule has 9 aromatic rings. The molecule has 0 saturated carbocycles. The van der Waals surface area contributed by atoms with Crippen LogP contribution in [0.5, 0.6) is 0 Å². The summed E-state index contributed by atoms with van der Waals surface area (Å²) < 4.78 is 5.15. The Labute approximate surface area is 293 Å². The monoisotopic (exact) mass is 658 g/mol. The van der Waals surface area contributed by atoms with E-state index in [0.717, 1.165) is 40.7 Å². The molecule has 0 atom stereocenters. The van der Waals surface area contributed by atoms with Crippen molar-refractivity contribution in [2.75, 3.05) is 0 Å². The van der Waals surface area contributed by atoms with Gasteiger partial charge in [0.05, 0.1) is 5.52 Å². The highest BCUT2D eigenvalue weighted by Gasteiger charge is 2.20. The van der Waals surface area contributed by atoms with Crippen LogP contribution in [0.3, 0.4) is 0 Å². The molecular weight excluding hydrogens is 629 g/mol. The standard InChI is InChI=1S/C45H30N4S/c1-3-11-31(12-4-1)43-46-44(32-13-5-2-6-14-32)48-45(47-43)33-21-19-29(20-22-33)30-23-25-34(26-24-30)49-39-17-9-7-15-35(39)37-28-42-38(27-40(37)49)36-16-8-10-18-41(36)50-42/h1-6,8-14,16-28H,7,15H2. The van der Waals surface area contributed by atoms with Crippen molar-refractivity contribution in [3.05, 3.63) is 163 Å². The molecule has 0 unspecified atom stereocenters. The van der Waals surface area contributed by atoms with E-state index in [1.807, 2.05) is 72.0 Å². The van der Waals surface area contributed by atoms with Crippen molar-refractivity contribution >= 4 is 48.5 Å². The first-order valence-corrected chi connectivity index (χ1v) is 17.8. The Kier molecular flexibility index (Phi) is 6.78. The summed E-state index contributed by atoms with van der Waals surface area (Å²) in [6.07, 6.45) is 6.77. The Bertz CT molecular complexity index is 2660. The average Bonchev–Trinajstić information content (AvgIpc) is 3.72. The molecule has 0 aliphatic heterocycles. The van der Waals surface area contributed by atoms with Crippen LogP contribution in [0.4, 0.5) is 0 Å². The molecule has 0 spiro atoms. The summed E-state index contributed by atoms with van der Waals surface area (Å²) >= 11 is 1.89. The first kappa shape index (κ1) is 28.8. The Balaban J connectivity index is 1.02. The van der Waals surface area contributed by atoms with E-state index in [1.54, 1.807) is 0 Å². The van der Waals surface area contributed by atoms with Gasteiger partial charge in [0.15, 0.2) is 17.5 Å². The molecule has 10 rings (SSSR count). The number of hydrogen-bond donors (Lipinski definition) is 0. The second-order valence-electron chi connectivity index (χ2n) is 12.8. The van der Waals surface area contributed by atoms with Crippen LogP contribution >= 0.6 is 11.3 Å². The maximum atomic E-state index is 4.90. The second-order valence-corrected chi connectivity index (χ2v) is 13.9. The largest absolute Gasteiger partial charge is 0.310 e. The summed E-state index contributed by atoms with van der Waals surface area (Å²) in [7, 11) is 0. The van der Waals surface area contributed by atoms with Crippen LogP contribution < -0.4 is 0 Å². The minimum Gasteiger partial charge on any atom is -0.310 e. The van der Waals surface area contributed by atoms with Crippen LogP contribution in [0.2, 0.25) is 0 Å². The number of rotatable bonds is 5. The number of thiophene rings is 1. The molecule has 1 aliphatic carbocycles. The molecule has 50 heavy (non-hydrogen) atoms. The van der Waals surface area contributed by atoms with E-state index in [1.165, 1.54) is 48.0 Å². The summed E-state index contributed by atoms with van der Waals surface area (Å²) in [4.78, 5) is 14.6. The molecular formula is C45H30N4S. The number of nitrogens with zero attached hydrogens (tertiary/aromatic N) is 4. The molecule has 6 aromatic carbocycles. The van der Waals surface area contributed by atoms with E-state index in [0.29, 0.717) is 17.5 Å². The van der Waals surface area contributed by atoms with Crippen molar-refractivity contribution in [3.63, 3.8) is 0 Å². The van der Waals surface area contributed by atoms with Crippen molar-refractivity contribution in [2.45, 2.75) is 12.8 Å². The lowest BCUT2D eigenvalue weighted by atomic mass is 10.0. The van der Waals surface area contributed by atoms with E-state index in [4.69, 9.17) is 15.0 Å². The van der Waals surface area contributed by atoms with Gasteiger partial charge >= 0.3 is 0 Å². The average molecular weight is 659 g/mol. The van der Waals surface area contributed by atoms with Gasteiger partial charge in [0, 0.05) is 53.6 Å². The van der Waals surface area contributed by atoms with E-state index >= 15 is 0 Å².